The monoisotopic (exact) mass is 181 g/mol. The summed E-state index contributed by atoms with van der Waals surface area (Å²) < 4.78 is 0. The molecule has 2 atom stereocenters. The van der Waals surface area contributed by atoms with E-state index in [1.807, 2.05) is 24.3 Å². The van der Waals surface area contributed by atoms with Gasteiger partial charge in [-0.3, -0.25) is 0 Å². The molecule has 0 saturated heterocycles. The second-order valence-corrected chi connectivity index (χ2v) is 4.09. The van der Waals surface area contributed by atoms with E-state index < -0.39 is 0 Å². The van der Waals surface area contributed by atoms with Crippen molar-refractivity contribution in [1.29, 1.82) is 0 Å². The van der Waals surface area contributed by atoms with E-state index in [0.717, 1.165) is 11.4 Å². The van der Waals surface area contributed by atoms with Crippen molar-refractivity contribution in [3.63, 3.8) is 0 Å². The molecule has 0 aliphatic heterocycles. The van der Waals surface area contributed by atoms with E-state index in [9.17, 15) is 0 Å². The standard InChI is InChI=1S/C10H12ClN/c1-7-6-10(7,12)8-2-4-9(11)5-3-8/h2-5,7H,6,12H2,1H3/t7-,10-/m1/s1. The number of hydrogen-bond acceptors (Lipinski definition) is 1. The molecule has 1 aromatic rings. The molecule has 1 aliphatic carbocycles. The van der Waals surface area contributed by atoms with Crippen LogP contribution in [0.5, 0.6) is 0 Å². The van der Waals surface area contributed by atoms with Crippen LogP contribution in [0.15, 0.2) is 24.3 Å². The molecule has 0 unspecified atom stereocenters. The highest BCUT2D eigenvalue weighted by atomic mass is 35.5. The van der Waals surface area contributed by atoms with Gasteiger partial charge in [-0.05, 0) is 30.0 Å². The van der Waals surface area contributed by atoms with E-state index in [2.05, 4.69) is 6.92 Å². The fraction of sp³-hybridized carbons (Fsp3) is 0.400. The Kier molecular flexibility index (Phi) is 1.67. The summed E-state index contributed by atoms with van der Waals surface area (Å²) in [6, 6.07) is 7.84. The van der Waals surface area contributed by atoms with Crippen molar-refractivity contribution in [2.75, 3.05) is 0 Å². The van der Waals surface area contributed by atoms with Crippen molar-refractivity contribution in [2.24, 2.45) is 11.7 Å². The molecule has 1 saturated carbocycles. The second-order valence-electron chi connectivity index (χ2n) is 3.65. The maximum atomic E-state index is 6.12. The van der Waals surface area contributed by atoms with Gasteiger partial charge >= 0.3 is 0 Å². The molecule has 0 bridgehead atoms. The van der Waals surface area contributed by atoms with Crippen molar-refractivity contribution in [3.8, 4) is 0 Å². The van der Waals surface area contributed by atoms with Gasteiger partial charge in [0.1, 0.15) is 0 Å². The van der Waals surface area contributed by atoms with Gasteiger partial charge in [-0.1, -0.05) is 30.7 Å². The largest absolute Gasteiger partial charge is 0.321 e. The number of nitrogens with two attached hydrogens (primary N) is 1. The molecule has 2 heteroatoms. The van der Waals surface area contributed by atoms with Gasteiger partial charge in [0.05, 0.1) is 0 Å². The van der Waals surface area contributed by atoms with Crippen molar-refractivity contribution in [3.05, 3.63) is 34.9 Å². The smallest absolute Gasteiger partial charge is 0.0439 e. The Balaban J connectivity index is 2.31. The summed E-state index contributed by atoms with van der Waals surface area (Å²) in [5.41, 5.74) is 7.26. The van der Waals surface area contributed by atoms with Crippen LogP contribution in [0.25, 0.3) is 0 Å². The predicted molar refractivity (Wildman–Crippen MR) is 51.1 cm³/mol. The average Bonchev–Trinajstić information content (AvgIpc) is 2.62. The lowest BCUT2D eigenvalue weighted by Crippen LogP contribution is -2.21. The molecule has 2 N–H and O–H groups in total. The first-order valence-electron chi connectivity index (χ1n) is 4.18. The third kappa shape index (κ3) is 1.13. The summed E-state index contributed by atoms with van der Waals surface area (Å²) in [4.78, 5) is 0. The van der Waals surface area contributed by atoms with Crippen molar-refractivity contribution in [2.45, 2.75) is 18.9 Å². The molecule has 0 radical (unpaired) electrons. The first-order chi connectivity index (χ1) is 5.63. The minimum absolute atomic E-state index is 0.0649. The molecule has 0 amide bonds. The molecule has 1 aromatic carbocycles. The summed E-state index contributed by atoms with van der Waals surface area (Å²) in [7, 11) is 0. The lowest BCUT2D eigenvalue weighted by Gasteiger charge is -2.09. The number of halogens is 1. The van der Waals surface area contributed by atoms with Crippen molar-refractivity contribution >= 4 is 11.6 Å². The van der Waals surface area contributed by atoms with E-state index in [0.29, 0.717) is 5.92 Å². The van der Waals surface area contributed by atoms with E-state index in [-0.39, 0.29) is 5.54 Å². The van der Waals surface area contributed by atoms with Gasteiger partial charge in [0.25, 0.3) is 0 Å². The third-order valence-electron chi connectivity index (χ3n) is 2.74. The van der Waals surface area contributed by atoms with Crippen LogP contribution >= 0.6 is 11.6 Å². The maximum Gasteiger partial charge on any atom is 0.0439 e. The average molecular weight is 182 g/mol. The van der Waals surface area contributed by atoms with Gasteiger partial charge < -0.3 is 5.73 Å². The molecule has 1 fully saturated rings. The number of rotatable bonds is 1. The molecule has 1 aliphatic rings. The van der Waals surface area contributed by atoms with Gasteiger partial charge in [0, 0.05) is 10.6 Å². The van der Waals surface area contributed by atoms with Crippen LogP contribution in [0.3, 0.4) is 0 Å². The molecule has 2 rings (SSSR count). The van der Waals surface area contributed by atoms with Crippen LogP contribution in [-0.4, -0.2) is 0 Å². The van der Waals surface area contributed by atoms with Gasteiger partial charge in [0.2, 0.25) is 0 Å². The molecular formula is C10H12ClN. The molecule has 12 heavy (non-hydrogen) atoms. The highest BCUT2D eigenvalue weighted by Gasteiger charge is 2.48. The Labute approximate surface area is 77.5 Å². The van der Waals surface area contributed by atoms with Gasteiger partial charge in [0.15, 0.2) is 0 Å². The first kappa shape index (κ1) is 8.09. The summed E-state index contributed by atoms with van der Waals surface area (Å²) in [6.45, 7) is 2.18. The Hall–Kier alpha value is -0.530. The van der Waals surface area contributed by atoms with E-state index >= 15 is 0 Å². The van der Waals surface area contributed by atoms with Crippen LogP contribution in [0.2, 0.25) is 5.02 Å². The first-order valence-corrected chi connectivity index (χ1v) is 4.55. The third-order valence-corrected chi connectivity index (χ3v) is 3.00. The Morgan fingerprint density at radius 2 is 1.92 bits per heavy atom. The zero-order valence-electron chi connectivity index (χ0n) is 7.05. The number of hydrogen-bond donors (Lipinski definition) is 1. The van der Waals surface area contributed by atoms with Crippen LogP contribution in [0.1, 0.15) is 18.9 Å². The Bertz CT molecular complexity index is 293. The van der Waals surface area contributed by atoms with Crippen LogP contribution in [0.4, 0.5) is 0 Å². The predicted octanol–water partition coefficient (Wildman–Crippen LogP) is 2.53. The van der Waals surface area contributed by atoms with E-state index in [1.54, 1.807) is 0 Å². The molecule has 0 spiro atoms. The minimum Gasteiger partial charge on any atom is -0.321 e. The lowest BCUT2D eigenvalue weighted by atomic mass is 10.0. The molecular weight excluding hydrogens is 170 g/mol. The number of benzene rings is 1. The van der Waals surface area contributed by atoms with Gasteiger partial charge in [-0.2, -0.15) is 0 Å². The highest BCUT2D eigenvalue weighted by molar-refractivity contribution is 6.30. The molecule has 0 aromatic heterocycles. The van der Waals surface area contributed by atoms with Gasteiger partial charge in [-0.25, -0.2) is 0 Å². The van der Waals surface area contributed by atoms with Crippen LogP contribution in [-0.2, 0) is 5.54 Å². The fourth-order valence-electron chi connectivity index (χ4n) is 1.61. The zero-order chi connectivity index (χ0) is 8.77. The Morgan fingerprint density at radius 1 is 1.42 bits per heavy atom. The SMILES string of the molecule is C[C@@H]1C[C@]1(N)c1ccc(Cl)cc1. The Morgan fingerprint density at radius 3 is 2.33 bits per heavy atom. The zero-order valence-corrected chi connectivity index (χ0v) is 7.81. The fourth-order valence-corrected chi connectivity index (χ4v) is 1.74. The van der Waals surface area contributed by atoms with E-state index in [4.69, 9.17) is 17.3 Å². The van der Waals surface area contributed by atoms with Crippen LogP contribution in [0, 0.1) is 5.92 Å². The second kappa shape index (κ2) is 2.48. The normalized spacial score (nSPS) is 33.4. The van der Waals surface area contributed by atoms with Gasteiger partial charge in [-0.15, -0.1) is 0 Å². The van der Waals surface area contributed by atoms with Crippen LogP contribution < -0.4 is 5.73 Å². The van der Waals surface area contributed by atoms with Crippen molar-refractivity contribution in [1.82, 2.24) is 0 Å². The lowest BCUT2D eigenvalue weighted by molar-refractivity contribution is 0.665. The molecule has 1 nitrogen and oxygen atoms in total. The van der Waals surface area contributed by atoms with E-state index in [1.165, 1.54) is 5.56 Å². The van der Waals surface area contributed by atoms with Crippen molar-refractivity contribution < 1.29 is 0 Å². The topological polar surface area (TPSA) is 26.0 Å². The summed E-state index contributed by atoms with van der Waals surface area (Å²) in [6.07, 6.45) is 1.09. The highest BCUT2D eigenvalue weighted by Crippen LogP contribution is 2.49. The summed E-state index contributed by atoms with van der Waals surface area (Å²) in [5, 5.41) is 0.774. The quantitative estimate of drug-likeness (QED) is 0.708. The maximum absolute atomic E-state index is 6.12. The minimum atomic E-state index is -0.0649. The summed E-state index contributed by atoms with van der Waals surface area (Å²) >= 11 is 5.78. The molecule has 0 heterocycles. The molecule has 64 valence electrons. The summed E-state index contributed by atoms with van der Waals surface area (Å²) in [5.74, 6) is 0.610.